The van der Waals surface area contributed by atoms with Gasteiger partial charge >= 0.3 is 12.1 Å². The molecule has 1 aromatic rings. The number of sulfonamides is 1. The van der Waals surface area contributed by atoms with Crippen molar-refractivity contribution in [2.45, 2.75) is 39.2 Å². The number of carbonyl (C=O) groups excluding carboxylic acids is 1. The number of hydrogen-bond donors (Lipinski definition) is 1. The summed E-state index contributed by atoms with van der Waals surface area (Å²) < 4.78 is 35.8. The number of benzene rings is 1. The number of carboxylic acids is 1. The summed E-state index contributed by atoms with van der Waals surface area (Å²) in [6.45, 7) is 5.17. The van der Waals surface area contributed by atoms with E-state index in [1.165, 1.54) is 12.1 Å². The average Bonchev–Trinajstić information content (AvgIpc) is 3.26. The van der Waals surface area contributed by atoms with Gasteiger partial charge in [0, 0.05) is 0 Å². The highest BCUT2D eigenvalue weighted by Crippen LogP contribution is 2.35. The first kappa shape index (κ1) is 20.0. The van der Waals surface area contributed by atoms with Crippen LogP contribution in [0.3, 0.4) is 0 Å². The van der Waals surface area contributed by atoms with E-state index in [0.717, 1.165) is 25.2 Å². The zero-order valence-electron chi connectivity index (χ0n) is 15.2. The standard InChI is InChI=1S/C17H23NO7S/c1-17(2,3)25-16(21)18(26(4,22)23)13-9-12(15(19)20)7-8-14(13)24-10-11-5-6-11/h7-9,11H,5-6,10H2,1-4H3,(H,19,20). The Hall–Kier alpha value is -2.29. The molecule has 1 amide bonds. The van der Waals surface area contributed by atoms with Gasteiger partial charge in [0.05, 0.1) is 18.4 Å². The second-order valence-electron chi connectivity index (χ2n) is 7.25. The largest absolute Gasteiger partial charge is 0.491 e. The highest BCUT2D eigenvalue weighted by atomic mass is 32.2. The van der Waals surface area contributed by atoms with Crippen LogP contribution < -0.4 is 9.04 Å². The van der Waals surface area contributed by atoms with E-state index in [9.17, 15) is 23.1 Å². The number of anilines is 1. The molecule has 0 bridgehead atoms. The topological polar surface area (TPSA) is 110 Å². The lowest BCUT2D eigenvalue weighted by molar-refractivity contribution is 0.0605. The highest BCUT2D eigenvalue weighted by Gasteiger charge is 2.33. The van der Waals surface area contributed by atoms with E-state index < -0.39 is 27.7 Å². The lowest BCUT2D eigenvalue weighted by atomic mass is 10.2. The van der Waals surface area contributed by atoms with E-state index in [1.54, 1.807) is 20.8 Å². The van der Waals surface area contributed by atoms with Crippen LogP contribution in [0, 0.1) is 5.92 Å². The summed E-state index contributed by atoms with van der Waals surface area (Å²) in [5.41, 5.74) is -1.28. The van der Waals surface area contributed by atoms with Gasteiger partial charge < -0.3 is 14.6 Å². The first-order chi connectivity index (χ1) is 11.9. The van der Waals surface area contributed by atoms with Gasteiger partial charge in [0.2, 0.25) is 10.0 Å². The lowest BCUT2D eigenvalue weighted by Crippen LogP contribution is -2.40. The molecule has 1 aromatic carbocycles. The Labute approximate surface area is 152 Å². The number of amides is 1. The van der Waals surface area contributed by atoms with Crippen LogP contribution in [0.25, 0.3) is 0 Å². The SMILES string of the molecule is CC(C)(C)OC(=O)N(c1cc(C(=O)O)ccc1OCC1CC1)S(C)(=O)=O. The molecule has 8 nitrogen and oxygen atoms in total. The maximum atomic E-state index is 12.5. The summed E-state index contributed by atoms with van der Waals surface area (Å²) in [6.07, 6.45) is 1.75. The molecule has 144 valence electrons. The summed E-state index contributed by atoms with van der Waals surface area (Å²) in [5.74, 6) is -0.758. The van der Waals surface area contributed by atoms with Gasteiger partial charge in [0.25, 0.3) is 0 Å². The molecule has 0 unspecified atom stereocenters. The Kier molecular flexibility index (Phi) is 5.50. The molecule has 1 fully saturated rings. The number of hydrogen-bond acceptors (Lipinski definition) is 6. The van der Waals surface area contributed by atoms with Crippen LogP contribution in [0.2, 0.25) is 0 Å². The van der Waals surface area contributed by atoms with Gasteiger partial charge in [-0.05, 0) is 57.7 Å². The predicted molar refractivity (Wildman–Crippen MR) is 95.2 cm³/mol. The fraction of sp³-hybridized carbons (Fsp3) is 0.529. The van der Waals surface area contributed by atoms with E-state index in [4.69, 9.17) is 9.47 Å². The summed E-state index contributed by atoms with van der Waals surface area (Å²) in [6, 6.07) is 3.74. The maximum absolute atomic E-state index is 12.5. The van der Waals surface area contributed by atoms with Crippen molar-refractivity contribution >= 4 is 27.8 Å². The molecule has 0 heterocycles. The van der Waals surface area contributed by atoms with Gasteiger partial charge in [-0.3, -0.25) is 0 Å². The van der Waals surface area contributed by atoms with Crippen LogP contribution in [0.1, 0.15) is 44.0 Å². The zero-order valence-corrected chi connectivity index (χ0v) is 16.0. The Bertz CT molecular complexity index is 807. The molecule has 1 N–H and O–H groups in total. The Balaban J connectivity index is 2.50. The first-order valence-corrected chi connectivity index (χ1v) is 9.97. The second-order valence-corrected chi connectivity index (χ2v) is 9.08. The summed E-state index contributed by atoms with van der Waals surface area (Å²) in [7, 11) is -4.09. The molecule has 0 radical (unpaired) electrons. The third kappa shape index (κ3) is 5.35. The minimum atomic E-state index is -4.09. The fourth-order valence-electron chi connectivity index (χ4n) is 2.14. The molecule has 2 rings (SSSR count). The number of nitrogens with zero attached hydrogens (tertiary/aromatic N) is 1. The van der Waals surface area contributed by atoms with Crippen LogP contribution in [0.15, 0.2) is 18.2 Å². The van der Waals surface area contributed by atoms with Crippen molar-refractivity contribution in [3.05, 3.63) is 23.8 Å². The van der Waals surface area contributed by atoms with Crippen LogP contribution in [0.4, 0.5) is 10.5 Å². The third-order valence-corrected chi connectivity index (χ3v) is 4.50. The molecule has 0 aliphatic heterocycles. The van der Waals surface area contributed by atoms with Crippen molar-refractivity contribution < 1.29 is 32.6 Å². The number of aromatic carboxylic acids is 1. The van der Waals surface area contributed by atoms with E-state index in [2.05, 4.69) is 0 Å². The molecular formula is C17H23NO7S. The second kappa shape index (κ2) is 7.14. The summed E-state index contributed by atoms with van der Waals surface area (Å²) in [4.78, 5) is 23.8. The molecule has 0 atom stereocenters. The Morgan fingerprint density at radius 3 is 2.35 bits per heavy atom. The molecule has 1 aliphatic carbocycles. The average molecular weight is 385 g/mol. The minimum Gasteiger partial charge on any atom is -0.491 e. The van der Waals surface area contributed by atoms with Crippen molar-refractivity contribution in [1.82, 2.24) is 0 Å². The third-order valence-electron chi connectivity index (χ3n) is 3.49. The van der Waals surface area contributed by atoms with Gasteiger partial charge in [-0.1, -0.05) is 0 Å². The van der Waals surface area contributed by atoms with Crippen LogP contribution in [0.5, 0.6) is 5.75 Å². The predicted octanol–water partition coefficient (Wildman–Crippen LogP) is 2.87. The van der Waals surface area contributed by atoms with E-state index in [1.807, 2.05) is 0 Å². The Morgan fingerprint density at radius 2 is 1.88 bits per heavy atom. The van der Waals surface area contributed by atoms with Gasteiger partial charge in [0.15, 0.2) is 0 Å². The maximum Gasteiger partial charge on any atom is 0.429 e. The van der Waals surface area contributed by atoms with E-state index in [0.29, 0.717) is 16.8 Å². The molecule has 1 aliphatic rings. The fourth-order valence-corrected chi connectivity index (χ4v) is 2.95. The molecule has 1 saturated carbocycles. The van der Waals surface area contributed by atoms with Crippen LogP contribution in [-0.2, 0) is 14.8 Å². The van der Waals surface area contributed by atoms with E-state index >= 15 is 0 Å². The van der Waals surface area contributed by atoms with Crippen molar-refractivity contribution in [2.75, 3.05) is 17.2 Å². The molecule has 0 spiro atoms. The normalized spacial score (nSPS) is 14.6. The smallest absolute Gasteiger partial charge is 0.429 e. The molecule has 0 saturated heterocycles. The van der Waals surface area contributed by atoms with Crippen molar-refractivity contribution in [2.24, 2.45) is 5.92 Å². The zero-order chi connectivity index (χ0) is 19.7. The number of carboxylic acid groups (broad SMARTS) is 1. The quantitative estimate of drug-likeness (QED) is 0.801. The number of carbonyl (C=O) groups is 2. The Morgan fingerprint density at radius 1 is 1.27 bits per heavy atom. The van der Waals surface area contributed by atoms with Gasteiger partial charge in [-0.25, -0.2) is 18.0 Å². The molecule has 26 heavy (non-hydrogen) atoms. The van der Waals surface area contributed by atoms with Crippen molar-refractivity contribution in [3.8, 4) is 5.75 Å². The minimum absolute atomic E-state index is 0.109. The lowest BCUT2D eigenvalue weighted by Gasteiger charge is -2.27. The van der Waals surface area contributed by atoms with Gasteiger partial charge in [-0.15, -0.1) is 0 Å². The molecular weight excluding hydrogens is 362 g/mol. The van der Waals surface area contributed by atoms with Crippen LogP contribution in [-0.4, -0.2) is 44.1 Å². The number of rotatable bonds is 6. The first-order valence-electron chi connectivity index (χ1n) is 8.12. The highest BCUT2D eigenvalue weighted by molar-refractivity contribution is 7.92. The number of ether oxygens (including phenoxy) is 2. The molecule has 9 heteroatoms. The van der Waals surface area contributed by atoms with Crippen molar-refractivity contribution in [3.63, 3.8) is 0 Å². The van der Waals surface area contributed by atoms with Crippen LogP contribution >= 0.6 is 0 Å². The summed E-state index contributed by atoms with van der Waals surface area (Å²) in [5, 5.41) is 9.21. The van der Waals surface area contributed by atoms with Gasteiger partial charge in [-0.2, -0.15) is 4.31 Å². The monoisotopic (exact) mass is 385 g/mol. The van der Waals surface area contributed by atoms with E-state index in [-0.39, 0.29) is 17.0 Å². The van der Waals surface area contributed by atoms with Gasteiger partial charge in [0.1, 0.15) is 17.0 Å². The summed E-state index contributed by atoms with van der Waals surface area (Å²) >= 11 is 0. The molecule has 0 aromatic heterocycles. The van der Waals surface area contributed by atoms with Crippen molar-refractivity contribution in [1.29, 1.82) is 0 Å².